The molecule has 0 radical (unpaired) electrons. The Balaban J connectivity index is 1.66. The maximum Gasteiger partial charge on any atom is 0.336 e. The van der Waals surface area contributed by atoms with Crippen LogP contribution in [0.3, 0.4) is 0 Å². The molecule has 0 bridgehead atoms. The normalized spacial score (nSPS) is 10.9. The molecule has 2 heterocycles. The van der Waals surface area contributed by atoms with Crippen molar-refractivity contribution < 1.29 is 13.8 Å². The Bertz CT molecular complexity index is 1230. The summed E-state index contributed by atoms with van der Waals surface area (Å²) in [6.45, 7) is 2.33. The molecule has 4 nitrogen and oxygen atoms in total. The van der Waals surface area contributed by atoms with E-state index in [2.05, 4.69) is 0 Å². The van der Waals surface area contributed by atoms with Crippen molar-refractivity contribution in [3.63, 3.8) is 0 Å². The van der Waals surface area contributed by atoms with E-state index in [9.17, 15) is 9.59 Å². The summed E-state index contributed by atoms with van der Waals surface area (Å²) in [5.74, 6) is -0.0270. The van der Waals surface area contributed by atoms with Crippen molar-refractivity contribution in [1.29, 1.82) is 0 Å². The third-order valence-corrected chi connectivity index (χ3v) is 5.06. The molecule has 2 aromatic carbocycles. The summed E-state index contributed by atoms with van der Waals surface area (Å²) >= 11 is 6.25. The Morgan fingerprint density at radius 3 is 2.39 bits per heavy atom. The highest BCUT2D eigenvalue weighted by Crippen LogP contribution is 2.25. The van der Waals surface area contributed by atoms with Gasteiger partial charge in [0.05, 0.1) is 0 Å². The zero-order valence-electron chi connectivity index (χ0n) is 15.2. The molecule has 0 saturated carbocycles. The van der Waals surface area contributed by atoms with Gasteiger partial charge in [-0.2, -0.15) is 0 Å². The summed E-state index contributed by atoms with van der Waals surface area (Å²) in [7, 11) is 0. The van der Waals surface area contributed by atoms with Gasteiger partial charge in [-0.1, -0.05) is 41.9 Å². The van der Waals surface area contributed by atoms with Gasteiger partial charge in [-0.15, -0.1) is 0 Å². The molecule has 28 heavy (non-hydrogen) atoms. The molecular formula is C23H17ClNO3+. The third-order valence-electron chi connectivity index (χ3n) is 4.65. The van der Waals surface area contributed by atoms with Crippen LogP contribution in [0.5, 0.6) is 0 Å². The van der Waals surface area contributed by atoms with Crippen molar-refractivity contribution in [3.05, 3.63) is 111 Å². The van der Waals surface area contributed by atoms with Crippen LogP contribution in [0, 0.1) is 6.92 Å². The molecule has 4 aromatic rings. The molecule has 138 valence electrons. The second-order valence-corrected chi connectivity index (χ2v) is 7.05. The number of hydrogen-bond acceptors (Lipinski definition) is 3. The maximum atomic E-state index is 12.5. The van der Waals surface area contributed by atoms with Gasteiger partial charge in [0.15, 0.2) is 24.7 Å². The summed E-state index contributed by atoms with van der Waals surface area (Å²) < 4.78 is 7.21. The Labute approximate surface area is 166 Å². The minimum atomic E-state index is -0.402. The van der Waals surface area contributed by atoms with Gasteiger partial charge in [0.2, 0.25) is 0 Å². The molecule has 0 aliphatic carbocycles. The molecular weight excluding hydrogens is 374 g/mol. The minimum Gasteiger partial charge on any atom is -0.423 e. The third kappa shape index (κ3) is 3.59. The van der Waals surface area contributed by atoms with Crippen molar-refractivity contribution in [2.24, 2.45) is 0 Å². The van der Waals surface area contributed by atoms with E-state index in [0.29, 0.717) is 28.3 Å². The number of fused-ring (bicyclic) bond motifs is 1. The molecule has 0 aliphatic rings. The topological polar surface area (TPSA) is 51.2 Å². The van der Waals surface area contributed by atoms with Crippen LogP contribution in [-0.4, -0.2) is 5.78 Å². The lowest BCUT2D eigenvalue weighted by Crippen LogP contribution is -2.34. The van der Waals surface area contributed by atoms with E-state index in [4.69, 9.17) is 16.0 Å². The Hall–Kier alpha value is -3.24. The number of carbonyl (C=O) groups excluding carboxylic acids is 1. The van der Waals surface area contributed by atoms with Gasteiger partial charge in [0, 0.05) is 45.3 Å². The molecule has 0 N–H and O–H groups in total. The highest BCUT2D eigenvalue weighted by atomic mass is 35.5. The zero-order valence-corrected chi connectivity index (χ0v) is 15.9. The van der Waals surface area contributed by atoms with E-state index >= 15 is 0 Å². The quantitative estimate of drug-likeness (QED) is 0.296. The second kappa shape index (κ2) is 7.41. The fraction of sp³-hybridized carbons (Fsp3) is 0.0870. The number of nitrogens with zero attached hydrogens (tertiary/aromatic N) is 1. The average Bonchev–Trinajstić information content (AvgIpc) is 2.70. The summed E-state index contributed by atoms with van der Waals surface area (Å²) in [6, 6.07) is 17.8. The molecule has 2 aromatic heterocycles. The first-order valence-corrected chi connectivity index (χ1v) is 9.21. The second-order valence-electron chi connectivity index (χ2n) is 6.64. The number of rotatable bonds is 4. The summed E-state index contributed by atoms with van der Waals surface area (Å²) in [5.41, 5.74) is 3.03. The highest BCUT2D eigenvalue weighted by molar-refractivity contribution is 6.32. The van der Waals surface area contributed by atoms with Crippen molar-refractivity contribution in [1.82, 2.24) is 0 Å². The van der Waals surface area contributed by atoms with Gasteiger partial charge in [0.25, 0.3) is 0 Å². The van der Waals surface area contributed by atoms with Crippen LogP contribution in [0.15, 0.2) is 82.3 Å². The molecule has 0 saturated heterocycles. The lowest BCUT2D eigenvalue weighted by atomic mass is 10.0. The summed E-state index contributed by atoms with van der Waals surface area (Å²) in [4.78, 5) is 24.5. The lowest BCUT2D eigenvalue weighted by molar-refractivity contribution is -0.688. The number of halogens is 1. The molecule has 4 rings (SSSR count). The standard InChI is InChI=1S/C23H17ClNO3/c1-15-11-21-19(13-20(15)24)18(12-22(26)28-21)14-25-9-7-17(8-10-25)23(27)16-5-3-2-4-6-16/h2-13H,14H2,1H3/q+1. The van der Waals surface area contributed by atoms with E-state index in [0.717, 1.165) is 16.5 Å². The van der Waals surface area contributed by atoms with E-state index < -0.39 is 5.63 Å². The highest BCUT2D eigenvalue weighted by Gasteiger charge is 2.14. The van der Waals surface area contributed by atoms with Crippen molar-refractivity contribution in [3.8, 4) is 0 Å². The molecule has 0 aliphatic heterocycles. The predicted octanol–water partition coefficient (Wildman–Crippen LogP) is 4.32. The molecule has 0 amide bonds. The van der Waals surface area contributed by atoms with Gasteiger partial charge in [-0.3, -0.25) is 4.79 Å². The van der Waals surface area contributed by atoms with Crippen molar-refractivity contribution in [2.45, 2.75) is 13.5 Å². The first kappa shape index (κ1) is 18.1. The van der Waals surface area contributed by atoms with Crippen LogP contribution in [0.25, 0.3) is 11.0 Å². The lowest BCUT2D eigenvalue weighted by Gasteiger charge is -2.06. The molecule has 0 spiro atoms. The largest absolute Gasteiger partial charge is 0.423 e. The first-order chi connectivity index (χ1) is 13.5. The number of carbonyl (C=O) groups is 1. The van der Waals surface area contributed by atoms with Gasteiger partial charge in [-0.25, -0.2) is 9.36 Å². The van der Waals surface area contributed by atoms with E-state index in [1.54, 1.807) is 30.3 Å². The van der Waals surface area contributed by atoms with E-state index in [1.807, 2.05) is 48.1 Å². The first-order valence-electron chi connectivity index (χ1n) is 8.83. The Morgan fingerprint density at radius 2 is 1.68 bits per heavy atom. The van der Waals surface area contributed by atoms with Gasteiger partial charge in [-0.05, 0) is 24.6 Å². The molecule has 0 atom stereocenters. The number of aryl methyl sites for hydroxylation is 1. The smallest absolute Gasteiger partial charge is 0.336 e. The van der Waals surface area contributed by atoms with Crippen molar-refractivity contribution >= 4 is 28.4 Å². The average molecular weight is 391 g/mol. The van der Waals surface area contributed by atoms with E-state index in [1.165, 1.54) is 6.07 Å². The van der Waals surface area contributed by atoms with Crippen LogP contribution in [0.2, 0.25) is 5.02 Å². The number of pyridine rings is 1. The van der Waals surface area contributed by atoms with Crippen LogP contribution < -0.4 is 10.2 Å². The number of benzene rings is 2. The van der Waals surface area contributed by atoms with Crippen LogP contribution in [-0.2, 0) is 6.54 Å². The summed E-state index contributed by atoms with van der Waals surface area (Å²) in [5, 5.41) is 1.42. The zero-order chi connectivity index (χ0) is 19.7. The SMILES string of the molecule is Cc1cc2oc(=O)cc(C[n+]3ccc(C(=O)c4ccccc4)cc3)c2cc1Cl. The van der Waals surface area contributed by atoms with E-state index in [-0.39, 0.29) is 5.78 Å². The molecule has 0 fully saturated rings. The summed E-state index contributed by atoms with van der Waals surface area (Å²) in [6.07, 6.45) is 3.65. The minimum absolute atomic E-state index is 0.0270. The predicted molar refractivity (Wildman–Crippen MR) is 108 cm³/mol. The number of ketones is 1. The fourth-order valence-corrected chi connectivity index (χ4v) is 3.31. The van der Waals surface area contributed by atoms with Crippen LogP contribution in [0.1, 0.15) is 27.0 Å². The monoisotopic (exact) mass is 390 g/mol. The Morgan fingerprint density at radius 1 is 1.00 bits per heavy atom. The van der Waals surface area contributed by atoms with Gasteiger partial charge < -0.3 is 4.42 Å². The number of hydrogen-bond donors (Lipinski definition) is 0. The number of aromatic nitrogens is 1. The molecule has 0 unspecified atom stereocenters. The van der Waals surface area contributed by atoms with Gasteiger partial charge >= 0.3 is 5.63 Å². The van der Waals surface area contributed by atoms with Gasteiger partial charge in [0.1, 0.15) is 5.58 Å². The maximum absolute atomic E-state index is 12.5. The Kier molecular flexibility index (Phi) is 4.80. The molecule has 5 heteroatoms. The van der Waals surface area contributed by atoms with Crippen molar-refractivity contribution in [2.75, 3.05) is 0 Å². The van der Waals surface area contributed by atoms with Crippen LogP contribution >= 0.6 is 11.6 Å². The fourth-order valence-electron chi connectivity index (χ4n) is 3.15. The van der Waals surface area contributed by atoms with Crippen LogP contribution in [0.4, 0.5) is 0 Å².